The summed E-state index contributed by atoms with van der Waals surface area (Å²) in [7, 11) is 0. The lowest BCUT2D eigenvalue weighted by Crippen LogP contribution is -2.70. The summed E-state index contributed by atoms with van der Waals surface area (Å²) in [6.07, 6.45) is -1.13. The first kappa shape index (κ1) is 14.9. The van der Waals surface area contributed by atoms with Crippen molar-refractivity contribution in [1.29, 1.82) is 0 Å². The van der Waals surface area contributed by atoms with Crippen LogP contribution in [0.3, 0.4) is 0 Å². The number of aryl methyl sites for hydroxylation is 1. The molecular formula is C14H16N6O3. The van der Waals surface area contributed by atoms with Gasteiger partial charge in [0.15, 0.2) is 0 Å². The molecule has 1 aliphatic rings. The maximum atomic E-state index is 11.9. The molecule has 0 aliphatic carbocycles. The number of carbonyl (C=O) groups excluding carboxylic acids is 1. The summed E-state index contributed by atoms with van der Waals surface area (Å²) in [5.74, 6) is 0.300. The molecule has 1 saturated heterocycles. The average molecular weight is 316 g/mol. The Bertz CT molecular complexity index is 716. The van der Waals surface area contributed by atoms with Gasteiger partial charge in [0.05, 0.1) is 12.6 Å². The largest absolute Gasteiger partial charge is 0.465 e. The van der Waals surface area contributed by atoms with E-state index < -0.39 is 12.1 Å². The van der Waals surface area contributed by atoms with E-state index in [4.69, 9.17) is 0 Å². The van der Waals surface area contributed by atoms with Crippen LogP contribution in [0, 0.1) is 6.92 Å². The van der Waals surface area contributed by atoms with Gasteiger partial charge in [-0.25, -0.2) is 9.48 Å². The van der Waals surface area contributed by atoms with Crippen LogP contribution >= 0.6 is 0 Å². The number of tetrazole rings is 1. The SMILES string of the molecule is Cc1nnnn1C[C@H]1NC(=O)[C@H]1N(Cc1ccccc1)C(=O)O. The molecule has 0 radical (unpaired) electrons. The van der Waals surface area contributed by atoms with E-state index >= 15 is 0 Å². The van der Waals surface area contributed by atoms with Gasteiger partial charge in [-0.3, -0.25) is 9.69 Å². The molecule has 3 rings (SSSR count). The number of hydrogen-bond donors (Lipinski definition) is 2. The van der Waals surface area contributed by atoms with Gasteiger partial charge in [-0.1, -0.05) is 30.3 Å². The predicted molar refractivity (Wildman–Crippen MR) is 78.3 cm³/mol. The smallest absolute Gasteiger partial charge is 0.408 e. The highest BCUT2D eigenvalue weighted by molar-refractivity contribution is 5.92. The highest BCUT2D eigenvalue weighted by Crippen LogP contribution is 2.19. The van der Waals surface area contributed by atoms with E-state index in [1.807, 2.05) is 30.3 Å². The van der Waals surface area contributed by atoms with Gasteiger partial charge in [-0.2, -0.15) is 0 Å². The summed E-state index contributed by atoms with van der Waals surface area (Å²) >= 11 is 0. The Morgan fingerprint density at radius 1 is 1.39 bits per heavy atom. The summed E-state index contributed by atoms with van der Waals surface area (Å²) in [6, 6.07) is 8.06. The van der Waals surface area contributed by atoms with E-state index in [1.54, 1.807) is 11.6 Å². The number of nitrogens with one attached hydrogen (secondary N) is 1. The molecule has 1 aromatic carbocycles. The van der Waals surface area contributed by atoms with Crippen molar-refractivity contribution in [1.82, 2.24) is 30.4 Å². The van der Waals surface area contributed by atoms with Gasteiger partial charge in [0.2, 0.25) is 5.91 Å². The number of rotatable bonds is 5. The molecule has 0 spiro atoms. The lowest BCUT2D eigenvalue weighted by atomic mass is 9.96. The molecule has 0 saturated carbocycles. The topological polar surface area (TPSA) is 113 Å². The van der Waals surface area contributed by atoms with E-state index in [1.165, 1.54) is 0 Å². The Labute approximate surface area is 131 Å². The first-order valence-electron chi connectivity index (χ1n) is 7.13. The zero-order valence-corrected chi connectivity index (χ0v) is 12.5. The zero-order valence-electron chi connectivity index (χ0n) is 12.5. The normalized spacial score (nSPS) is 19.8. The van der Waals surface area contributed by atoms with E-state index in [9.17, 15) is 14.7 Å². The van der Waals surface area contributed by atoms with Crippen molar-refractivity contribution in [2.45, 2.75) is 32.1 Å². The van der Waals surface area contributed by atoms with E-state index in [0.717, 1.165) is 10.5 Å². The van der Waals surface area contributed by atoms with Crippen molar-refractivity contribution in [3.05, 3.63) is 41.7 Å². The molecule has 1 aromatic heterocycles. The third kappa shape index (κ3) is 2.98. The van der Waals surface area contributed by atoms with Crippen molar-refractivity contribution in [3.63, 3.8) is 0 Å². The average Bonchev–Trinajstić information content (AvgIpc) is 2.92. The molecule has 120 valence electrons. The fourth-order valence-corrected chi connectivity index (χ4v) is 2.61. The molecule has 9 nitrogen and oxygen atoms in total. The summed E-state index contributed by atoms with van der Waals surface area (Å²) in [4.78, 5) is 24.7. The van der Waals surface area contributed by atoms with Crippen LogP contribution in [-0.4, -0.2) is 54.3 Å². The number of aromatic nitrogens is 4. The number of β-lactam (4-membered cyclic amide) rings is 1. The van der Waals surface area contributed by atoms with E-state index in [2.05, 4.69) is 20.8 Å². The molecule has 1 fully saturated rings. The Balaban J connectivity index is 1.76. The molecule has 2 N–H and O–H groups in total. The number of carboxylic acid groups (broad SMARTS) is 1. The Morgan fingerprint density at radius 3 is 2.70 bits per heavy atom. The molecule has 2 amide bonds. The lowest BCUT2D eigenvalue weighted by molar-refractivity contribution is -0.137. The van der Waals surface area contributed by atoms with Gasteiger partial charge in [-0.05, 0) is 22.9 Å². The minimum absolute atomic E-state index is 0.152. The highest BCUT2D eigenvalue weighted by Gasteiger charge is 2.46. The predicted octanol–water partition coefficient (Wildman–Crippen LogP) is 0.0287. The summed E-state index contributed by atoms with van der Waals surface area (Å²) in [6.45, 7) is 2.22. The van der Waals surface area contributed by atoms with Gasteiger partial charge in [0, 0.05) is 6.54 Å². The van der Waals surface area contributed by atoms with Crippen LogP contribution in [0.5, 0.6) is 0 Å². The Hall–Kier alpha value is -2.97. The third-order valence-corrected chi connectivity index (χ3v) is 3.84. The number of carbonyl (C=O) groups is 2. The fraction of sp³-hybridized carbons (Fsp3) is 0.357. The lowest BCUT2D eigenvalue weighted by Gasteiger charge is -2.42. The molecule has 2 aromatic rings. The molecule has 2 atom stereocenters. The van der Waals surface area contributed by atoms with Gasteiger partial charge in [0.25, 0.3) is 0 Å². The molecule has 0 unspecified atom stereocenters. The van der Waals surface area contributed by atoms with E-state index in [-0.39, 0.29) is 18.5 Å². The zero-order chi connectivity index (χ0) is 16.4. The van der Waals surface area contributed by atoms with Crippen molar-refractivity contribution >= 4 is 12.0 Å². The van der Waals surface area contributed by atoms with Gasteiger partial charge in [-0.15, -0.1) is 5.10 Å². The van der Waals surface area contributed by atoms with Gasteiger partial charge < -0.3 is 10.4 Å². The summed E-state index contributed by atoms with van der Waals surface area (Å²) in [5, 5.41) is 23.4. The van der Waals surface area contributed by atoms with Crippen molar-refractivity contribution < 1.29 is 14.7 Å². The second-order valence-electron chi connectivity index (χ2n) is 5.36. The fourth-order valence-electron chi connectivity index (χ4n) is 2.61. The van der Waals surface area contributed by atoms with E-state index in [0.29, 0.717) is 12.4 Å². The quantitative estimate of drug-likeness (QED) is 0.752. The Kier molecular flexibility index (Phi) is 3.92. The van der Waals surface area contributed by atoms with Crippen LogP contribution in [-0.2, 0) is 17.9 Å². The molecule has 9 heteroatoms. The summed E-state index contributed by atoms with van der Waals surface area (Å²) < 4.78 is 1.54. The van der Waals surface area contributed by atoms with Crippen molar-refractivity contribution in [2.75, 3.05) is 0 Å². The minimum Gasteiger partial charge on any atom is -0.465 e. The van der Waals surface area contributed by atoms with Crippen LogP contribution in [0.25, 0.3) is 0 Å². The first-order chi connectivity index (χ1) is 11.1. The van der Waals surface area contributed by atoms with Crippen LogP contribution in [0.4, 0.5) is 4.79 Å². The van der Waals surface area contributed by atoms with Crippen LogP contribution in [0.2, 0.25) is 0 Å². The first-order valence-corrected chi connectivity index (χ1v) is 7.13. The van der Waals surface area contributed by atoms with Crippen LogP contribution < -0.4 is 5.32 Å². The number of hydrogen-bond acceptors (Lipinski definition) is 5. The number of amides is 2. The molecule has 23 heavy (non-hydrogen) atoms. The molecular weight excluding hydrogens is 300 g/mol. The standard InChI is InChI=1S/C14H16N6O3/c1-9-16-17-18-20(9)8-11-12(13(21)15-11)19(14(22)23)7-10-5-3-2-4-6-10/h2-6,11-12H,7-8H2,1H3,(H,15,21)(H,22,23)/t11-,12+/m1/s1. The van der Waals surface area contributed by atoms with Crippen LogP contribution in [0.15, 0.2) is 30.3 Å². The second kappa shape index (κ2) is 6.03. The van der Waals surface area contributed by atoms with Crippen LogP contribution in [0.1, 0.15) is 11.4 Å². The van der Waals surface area contributed by atoms with Gasteiger partial charge >= 0.3 is 6.09 Å². The maximum absolute atomic E-state index is 11.9. The number of nitrogens with zero attached hydrogens (tertiary/aromatic N) is 5. The highest BCUT2D eigenvalue weighted by atomic mass is 16.4. The third-order valence-electron chi connectivity index (χ3n) is 3.84. The molecule has 0 bridgehead atoms. The minimum atomic E-state index is -1.13. The van der Waals surface area contributed by atoms with Crippen molar-refractivity contribution in [2.24, 2.45) is 0 Å². The van der Waals surface area contributed by atoms with Gasteiger partial charge in [0.1, 0.15) is 11.9 Å². The summed E-state index contributed by atoms with van der Waals surface area (Å²) in [5.41, 5.74) is 0.826. The second-order valence-corrected chi connectivity index (χ2v) is 5.36. The maximum Gasteiger partial charge on any atom is 0.408 e. The van der Waals surface area contributed by atoms with Crippen molar-refractivity contribution in [3.8, 4) is 0 Å². The molecule has 2 heterocycles. The number of benzene rings is 1. The Morgan fingerprint density at radius 2 is 2.13 bits per heavy atom. The monoisotopic (exact) mass is 316 g/mol. The molecule has 1 aliphatic heterocycles.